The molecule has 0 spiro atoms. The molecule has 1 aromatic carbocycles. The number of aliphatic hydroxyl groups excluding tert-OH is 1. The summed E-state index contributed by atoms with van der Waals surface area (Å²) in [4.78, 5) is 0.275. The van der Waals surface area contributed by atoms with E-state index in [4.69, 9.17) is 5.73 Å². The van der Waals surface area contributed by atoms with Crippen LogP contribution in [0.5, 0.6) is 0 Å². The molecule has 1 aliphatic rings. The molecule has 5 nitrogen and oxygen atoms in total. The van der Waals surface area contributed by atoms with Gasteiger partial charge in [-0.3, -0.25) is 0 Å². The Labute approximate surface area is 107 Å². The van der Waals surface area contributed by atoms with Gasteiger partial charge in [0.15, 0.2) is 0 Å². The quantitative estimate of drug-likeness (QED) is 0.793. The summed E-state index contributed by atoms with van der Waals surface area (Å²) in [5.41, 5.74) is 6.81. The Morgan fingerprint density at radius 2 is 2.22 bits per heavy atom. The molecule has 2 rings (SSSR count). The molecule has 1 aliphatic heterocycles. The zero-order chi connectivity index (χ0) is 13.3. The molecule has 0 radical (unpaired) electrons. The van der Waals surface area contributed by atoms with Crippen LogP contribution in [0.4, 0.5) is 5.69 Å². The van der Waals surface area contributed by atoms with Crippen molar-refractivity contribution < 1.29 is 13.5 Å². The van der Waals surface area contributed by atoms with Crippen molar-refractivity contribution in [2.45, 2.75) is 30.7 Å². The molecule has 0 aromatic heterocycles. The number of hydrogen-bond donors (Lipinski definition) is 2. The highest BCUT2D eigenvalue weighted by Gasteiger charge is 2.35. The van der Waals surface area contributed by atoms with Crippen molar-refractivity contribution in [3.05, 3.63) is 23.8 Å². The summed E-state index contributed by atoms with van der Waals surface area (Å²) in [6, 6.07) is 4.47. The topological polar surface area (TPSA) is 83.6 Å². The van der Waals surface area contributed by atoms with Gasteiger partial charge in [-0.15, -0.1) is 0 Å². The molecule has 18 heavy (non-hydrogen) atoms. The van der Waals surface area contributed by atoms with Gasteiger partial charge in [0.1, 0.15) is 0 Å². The van der Waals surface area contributed by atoms with Crippen molar-refractivity contribution in [1.29, 1.82) is 0 Å². The average Bonchev–Trinajstić information content (AvgIpc) is 2.76. The Morgan fingerprint density at radius 1 is 1.50 bits per heavy atom. The molecule has 0 amide bonds. The van der Waals surface area contributed by atoms with Crippen LogP contribution < -0.4 is 5.73 Å². The summed E-state index contributed by atoms with van der Waals surface area (Å²) in [6.45, 7) is 2.07. The lowest BCUT2D eigenvalue weighted by atomic mass is 10.2. The van der Waals surface area contributed by atoms with E-state index in [0.717, 1.165) is 6.42 Å². The fourth-order valence-electron chi connectivity index (χ4n) is 2.40. The average molecular weight is 270 g/mol. The van der Waals surface area contributed by atoms with Crippen molar-refractivity contribution in [2.24, 2.45) is 0 Å². The number of sulfonamides is 1. The third-order valence-electron chi connectivity index (χ3n) is 3.32. The van der Waals surface area contributed by atoms with E-state index in [0.29, 0.717) is 24.2 Å². The van der Waals surface area contributed by atoms with Gasteiger partial charge in [0.25, 0.3) is 0 Å². The Balaban J connectivity index is 2.42. The maximum Gasteiger partial charge on any atom is 0.243 e. The molecule has 1 saturated heterocycles. The van der Waals surface area contributed by atoms with Gasteiger partial charge in [-0.05, 0) is 43.5 Å². The maximum absolute atomic E-state index is 12.5. The first-order valence-corrected chi connectivity index (χ1v) is 7.39. The molecular formula is C12H18N2O3S. The Bertz CT molecular complexity index is 542. The molecule has 1 fully saturated rings. The lowest BCUT2D eigenvalue weighted by Crippen LogP contribution is -2.37. The van der Waals surface area contributed by atoms with Crippen LogP contribution in [-0.4, -0.2) is 37.0 Å². The van der Waals surface area contributed by atoms with Crippen LogP contribution in [0.1, 0.15) is 18.4 Å². The zero-order valence-corrected chi connectivity index (χ0v) is 11.2. The van der Waals surface area contributed by atoms with Gasteiger partial charge >= 0.3 is 0 Å². The van der Waals surface area contributed by atoms with Gasteiger partial charge in [0.05, 0.1) is 11.5 Å². The molecule has 0 saturated carbocycles. The first-order chi connectivity index (χ1) is 8.46. The van der Waals surface area contributed by atoms with Crippen LogP contribution in [-0.2, 0) is 10.0 Å². The zero-order valence-electron chi connectivity index (χ0n) is 10.3. The van der Waals surface area contributed by atoms with Crippen molar-refractivity contribution in [2.75, 3.05) is 18.9 Å². The first kappa shape index (κ1) is 13.3. The molecular weight excluding hydrogens is 252 g/mol. The van der Waals surface area contributed by atoms with E-state index in [1.807, 2.05) is 0 Å². The van der Waals surface area contributed by atoms with Crippen LogP contribution in [0.2, 0.25) is 0 Å². The number of anilines is 1. The Hall–Kier alpha value is -1.11. The number of benzene rings is 1. The van der Waals surface area contributed by atoms with Crippen molar-refractivity contribution in [3.8, 4) is 0 Å². The van der Waals surface area contributed by atoms with E-state index in [-0.39, 0.29) is 17.5 Å². The monoisotopic (exact) mass is 270 g/mol. The summed E-state index contributed by atoms with van der Waals surface area (Å²) >= 11 is 0. The minimum absolute atomic E-state index is 0.132. The summed E-state index contributed by atoms with van der Waals surface area (Å²) in [6.07, 6.45) is 1.50. The van der Waals surface area contributed by atoms with Crippen molar-refractivity contribution >= 4 is 15.7 Å². The summed E-state index contributed by atoms with van der Waals surface area (Å²) in [7, 11) is -3.53. The number of nitrogen functional groups attached to an aromatic ring is 1. The summed E-state index contributed by atoms with van der Waals surface area (Å²) in [5, 5.41) is 9.23. The minimum Gasteiger partial charge on any atom is -0.399 e. The number of hydrogen-bond acceptors (Lipinski definition) is 4. The molecule has 3 N–H and O–H groups in total. The lowest BCUT2D eigenvalue weighted by molar-refractivity contribution is 0.213. The highest BCUT2D eigenvalue weighted by atomic mass is 32.2. The summed E-state index contributed by atoms with van der Waals surface area (Å²) in [5.74, 6) is 0. The molecule has 6 heteroatoms. The normalized spacial score (nSPS) is 21.3. The minimum atomic E-state index is -3.53. The number of rotatable bonds is 3. The van der Waals surface area contributed by atoms with E-state index < -0.39 is 10.0 Å². The van der Waals surface area contributed by atoms with Crippen molar-refractivity contribution in [1.82, 2.24) is 4.31 Å². The molecule has 0 unspecified atom stereocenters. The number of nitrogens with zero attached hydrogens (tertiary/aromatic N) is 1. The van der Waals surface area contributed by atoms with E-state index in [2.05, 4.69) is 0 Å². The second kappa shape index (κ2) is 4.87. The third-order valence-corrected chi connectivity index (χ3v) is 5.43. The summed E-state index contributed by atoms with van der Waals surface area (Å²) < 4.78 is 26.4. The molecule has 1 atom stereocenters. The molecule has 1 aromatic rings. The third kappa shape index (κ3) is 2.23. The molecule has 1 heterocycles. The van der Waals surface area contributed by atoms with E-state index in [1.54, 1.807) is 19.1 Å². The standard InChI is InChI=1S/C12H18N2O3S/c1-9-7-10(13)4-5-12(9)18(16,17)14-6-2-3-11(14)8-15/h4-5,7,11,15H,2-3,6,8,13H2,1H3/t11-/m0/s1. The van der Waals surface area contributed by atoms with Crippen LogP contribution in [0, 0.1) is 6.92 Å². The van der Waals surface area contributed by atoms with Gasteiger partial charge in [-0.2, -0.15) is 4.31 Å². The SMILES string of the molecule is Cc1cc(N)ccc1S(=O)(=O)N1CCC[C@H]1CO. The lowest BCUT2D eigenvalue weighted by Gasteiger charge is -2.23. The van der Waals surface area contributed by atoms with Crippen molar-refractivity contribution in [3.63, 3.8) is 0 Å². The predicted molar refractivity (Wildman–Crippen MR) is 69.6 cm³/mol. The second-order valence-electron chi connectivity index (χ2n) is 4.62. The largest absolute Gasteiger partial charge is 0.399 e. The Morgan fingerprint density at radius 3 is 2.83 bits per heavy atom. The first-order valence-electron chi connectivity index (χ1n) is 5.95. The Kier molecular flexibility index (Phi) is 3.61. The fourth-order valence-corrected chi connectivity index (χ4v) is 4.29. The van der Waals surface area contributed by atoms with E-state index in [9.17, 15) is 13.5 Å². The van der Waals surface area contributed by atoms with Gasteiger partial charge in [0, 0.05) is 18.3 Å². The van der Waals surface area contributed by atoms with Crippen LogP contribution in [0.3, 0.4) is 0 Å². The number of aliphatic hydroxyl groups is 1. The van der Waals surface area contributed by atoms with Gasteiger partial charge in [0.2, 0.25) is 10.0 Å². The predicted octanol–water partition coefficient (Wildman–Crippen LogP) is 0.723. The fraction of sp³-hybridized carbons (Fsp3) is 0.500. The number of nitrogens with two attached hydrogens (primary N) is 1. The van der Waals surface area contributed by atoms with E-state index >= 15 is 0 Å². The van der Waals surface area contributed by atoms with Crippen LogP contribution >= 0.6 is 0 Å². The van der Waals surface area contributed by atoms with Crippen LogP contribution in [0.15, 0.2) is 23.1 Å². The highest BCUT2D eigenvalue weighted by molar-refractivity contribution is 7.89. The molecule has 0 bridgehead atoms. The van der Waals surface area contributed by atoms with Gasteiger partial charge in [-0.1, -0.05) is 0 Å². The van der Waals surface area contributed by atoms with Gasteiger partial charge < -0.3 is 10.8 Å². The number of aryl methyl sites for hydroxylation is 1. The smallest absolute Gasteiger partial charge is 0.243 e. The molecule has 0 aliphatic carbocycles. The molecule has 100 valence electrons. The van der Waals surface area contributed by atoms with E-state index in [1.165, 1.54) is 10.4 Å². The van der Waals surface area contributed by atoms with Gasteiger partial charge in [-0.25, -0.2) is 8.42 Å². The van der Waals surface area contributed by atoms with Crippen LogP contribution in [0.25, 0.3) is 0 Å². The highest BCUT2D eigenvalue weighted by Crippen LogP contribution is 2.28. The second-order valence-corrected chi connectivity index (χ2v) is 6.48. The maximum atomic E-state index is 12.5.